The van der Waals surface area contributed by atoms with E-state index in [-0.39, 0.29) is 0 Å². The summed E-state index contributed by atoms with van der Waals surface area (Å²) in [5.74, 6) is 0.877. The van der Waals surface area contributed by atoms with Crippen LogP contribution in [0.4, 0.5) is 0 Å². The standard InChI is InChI=1S/C15H21N3O2/c1-19-7-6-16-9-14-10-17-12-18(14)11-13-4-3-5-15(8-13)20-2/h3-5,8,10,12,16H,6-7,9,11H2,1-2H3. The summed E-state index contributed by atoms with van der Waals surface area (Å²) in [7, 11) is 3.39. The van der Waals surface area contributed by atoms with E-state index < -0.39 is 0 Å². The molecule has 0 bridgehead atoms. The maximum atomic E-state index is 5.24. The molecule has 2 aromatic rings. The summed E-state index contributed by atoms with van der Waals surface area (Å²) < 4.78 is 12.4. The third-order valence-electron chi connectivity index (χ3n) is 3.07. The molecule has 0 aliphatic heterocycles. The molecule has 108 valence electrons. The molecule has 0 saturated carbocycles. The Bertz CT molecular complexity index is 525. The fourth-order valence-corrected chi connectivity index (χ4v) is 2.00. The zero-order chi connectivity index (χ0) is 14.2. The molecule has 0 atom stereocenters. The van der Waals surface area contributed by atoms with Crippen LogP contribution in [-0.4, -0.2) is 36.9 Å². The van der Waals surface area contributed by atoms with Crippen LogP contribution in [0.2, 0.25) is 0 Å². The molecule has 0 saturated heterocycles. The van der Waals surface area contributed by atoms with Crippen LogP contribution in [0.5, 0.6) is 5.75 Å². The Hall–Kier alpha value is -1.85. The van der Waals surface area contributed by atoms with E-state index >= 15 is 0 Å². The first kappa shape index (κ1) is 14.6. The molecular formula is C15H21N3O2. The van der Waals surface area contributed by atoms with Crippen molar-refractivity contribution in [2.24, 2.45) is 0 Å². The molecule has 1 N–H and O–H groups in total. The van der Waals surface area contributed by atoms with E-state index in [2.05, 4.69) is 20.9 Å². The molecule has 5 heteroatoms. The van der Waals surface area contributed by atoms with Crippen molar-refractivity contribution in [2.45, 2.75) is 13.1 Å². The number of imidazole rings is 1. The molecule has 5 nitrogen and oxygen atoms in total. The molecule has 1 aromatic heterocycles. The van der Waals surface area contributed by atoms with Crippen molar-refractivity contribution in [1.82, 2.24) is 14.9 Å². The second-order valence-electron chi connectivity index (χ2n) is 4.53. The molecule has 0 spiro atoms. The van der Waals surface area contributed by atoms with Gasteiger partial charge in [-0.2, -0.15) is 0 Å². The largest absolute Gasteiger partial charge is 0.497 e. The highest BCUT2D eigenvalue weighted by molar-refractivity contribution is 5.28. The summed E-state index contributed by atoms with van der Waals surface area (Å²) in [6.45, 7) is 3.12. The maximum absolute atomic E-state index is 5.24. The van der Waals surface area contributed by atoms with Gasteiger partial charge in [0.05, 0.1) is 25.7 Å². The average Bonchev–Trinajstić information content (AvgIpc) is 2.91. The SMILES string of the molecule is COCCNCc1cncn1Cc1cccc(OC)c1. The monoisotopic (exact) mass is 275 g/mol. The molecule has 1 aromatic carbocycles. The van der Waals surface area contributed by atoms with Crippen LogP contribution in [-0.2, 0) is 17.8 Å². The molecule has 0 fully saturated rings. The lowest BCUT2D eigenvalue weighted by Crippen LogP contribution is -2.20. The predicted octanol–water partition coefficient (Wildman–Crippen LogP) is 1.68. The molecule has 0 aliphatic carbocycles. The van der Waals surface area contributed by atoms with Crippen LogP contribution < -0.4 is 10.1 Å². The number of aromatic nitrogens is 2. The number of hydrogen-bond acceptors (Lipinski definition) is 4. The van der Waals surface area contributed by atoms with E-state index in [4.69, 9.17) is 9.47 Å². The third-order valence-corrected chi connectivity index (χ3v) is 3.07. The van der Waals surface area contributed by atoms with E-state index in [0.717, 1.165) is 31.1 Å². The number of nitrogens with zero attached hydrogens (tertiary/aromatic N) is 2. The van der Waals surface area contributed by atoms with Crippen molar-refractivity contribution in [3.05, 3.63) is 48.0 Å². The van der Waals surface area contributed by atoms with E-state index in [9.17, 15) is 0 Å². The molecule has 20 heavy (non-hydrogen) atoms. The van der Waals surface area contributed by atoms with E-state index in [1.807, 2.05) is 30.7 Å². The number of rotatable bonds is 8. The van der Waals surface area contributed by atoms with Gasteiger partial charge in [0.2, 0.25) is 0 Å². The smallest absolute Gasteiger partial charge is 0.119 e. The molecule has 0 radical (unpaired) electrons. The highest BCUT2D eigenvalue weighted by Gasteiger charge is 2.03. The van der Waals surface area contributed by atoms with Crippen molar-refractivity contribution < 1.29 is 9.47 Å². The van der Waals surface area contributed by atoms with Gasteiger partial charge in [-0.15, -0.1) is 0 Å². The summed E-state index contributed by atoms with van der Waals surface area (Å²) in [4.78, 5) is 4.22. The lowest BCUT2D eigenvalue weighted by molar-refractivity contribution is 0.199. The molecule has 0 aliphatic rings. The topological polar surface area (TPSA) is 48.3 Å². The second-order valence-corrected chi connectivity index (χ2v) is 4.53. The lowest BCUT2D eigenvalue weighted by Gasteiger charge is -2.10. The Balaban J connectivity index is 1.97. The molecule has 0 amide bonds. The highest BCUT2D eigenvalue weighted by atomic mass is 16.5. The molecule has 0 unspecified atom stereocenters. The second kappa shape index (κ2) is 7.67. The van der Waals surface area contributed by atoms with Gasteiger partial charge >= 0.3 is 0 Å². The fourth-order valence-electron chi connectivity index (χ4n) is 2.00. The first-order chi connectivity index (χ1) is 9.83. The van der Waals surface area contributed by atoms with Crippen molar-refractivity contribution >= 4 is 0 Å². The number of hydrogen-bond donors (Lipinski definition) is 1. The third kappa shape index (κ3) is 4.08. The number of ether oxygens (including phenoxy) is 2. The fraction of sp³-hybridized carbons (Fsp3) is 0.400. The Morgan fingerprint density at radius 3 is 3.00 bits per heavy atom. The van der Waals surface area contributed by atoms with Gasteiger partial charge in [-0.25, -0.2) is 4.98 Å². The Morgan fingerprint density at radius 2 is 2.20 bits per heavy atom. The number of benzene rings is 1. The normalized spacial score (nSPS) is 10.7. The molecule has 1 heterocycles. The Morgan fingerprint density at radius 1 is 1.30 bits per heavy atom. The summed E-state index contributed by atoms with van der Waals surface area (Å²) in [5.41, 5.74) is 2.35. The van der Waals surface area contributed by atoms with Gasteiger partial charge < -0.3 is 19.4 Å². The van der Waals surface area contributed by atoms with Gasteiger partial charge in [-0.05, 0) is 17.7 Å². The average molecular weight is 275 g/mol. The summed E-state index contributed by atoms with van der Waals surface area (Å²) in [5, 5.41) is 3.33. The van der Waals surface area contributed by atoms with Gasteiger partial charge in [0, 0.05) is 32.9 Å². The van der Waals surface area contributed by atoms with Crippen LogP contribution in [0.25, 0.3) is 0 Å². The van der Waals surface area contributed by atoms with E-state index in [1.54, 1.807) is 14.2 Å². The summed E-state index contributed by atoms with van der Waals surface area (Å²) in [6, 6.07) is 8.08. The van der Waals surface area contributed by atoms with Crippen LogP contribution in [0.3, 0.4) is 0 Å². The van der Waals surface area contributed by atoms with Gasteiger partial charge in [-0.1, -0.05) is 12.1 Å². The van der Waals surface area contributed by atoms with Crippen molar-refractivity contribution in [1.29, 1.82) is 0 Å². The van der Waals surface area contributed by atoms with Crippen LogP contribution >= 0.6 is 0 Å². The van der Waals surface area contributed by atoms with Crippen molar-refractivity contribution in [3.8, 4) is 5.75 Å². The maximum Gasteiger partial charge on any atom is 0.119 e. The summed E-state index contributed by atoms with van der Waals surface area (Å²) in [6.07, 6.45) is 3.74. The first-order valence-electron chi connectivity index (χ1n) is 6.65. The van der Waals surface area contributed by atoms with Crippen molar-refractivity contribution in [3.63, 3.8) is 0 Å². The Labute approximate surface area is 119 Å². The zero-order valence-electron chi connectivity index (χ0n) is 12.0. The zero-order valence-corrected chi connectivity index (χ0v) is 12.0. The van der Waals surface area contributed by atoms with Gasteiger partial charge in [0.15, 0.2) is 0 Å². The minimum absolute atomic E-state index is 0.712. The molecule has 2 rings (SSSR count). The number of methoxy groups -OCH3 is 2. The first-order valence-corrected chi connectivity index (χ1v) is 6.65. The van der Waals surface area contributed by atoms with Crippen LogP contribution in [0, 0.1) is 0 Å². The van der Waals surface area contributed by atoms with Gasteiger partial charge in [0.1, 0.15) is 5.75 Å². The quantitative estimate of drug-likeness (QED) is 0.745. The predicted molar refractivity (Wildman–Crippen MR) is 77.9 cm³/mol. The highest BCUT2D eigenvalue weighted by Crippen LogP contribution is 2.14. The van der Waals surface area contributed by atoms with Crippen LogP contribution in [0.1, 0.15) is 11.3 Å². The minimum Gasteiger partial charge on any atom is -0.497 e. The van der Waals surface area contributed by atoms with Crippen LogP contribution in [0.15, 0.2) is 36.8 Å². The van der Waals surface area contributed by atoms with Crippen molar-refractivity contribution in [2.75, 3.05) is 27.4 Å². The minimum atomic E-state index is 0.712. The van der Waals surface area contributed by atoms with E-state index in [1.165, 1.54) is 5.56 Å². The Kier molecular flexibility index (Phi) is 5.58. The molecular weight excluding hydrogens is 254 g/mol. The van der Waals surface area contributed by atoms with Gasteiger partial charge in [0.25, 0.3) is 0 Å². The lowest BCUT2D eigenvalue weighted by atomic mass is 10.2. The van der Waals surface area contributed by atoms with E-state index in [0.29, 0.717) is 6.61 Å². The summed E-state index contributed by atoms with van der Waals surface area (Å²) >= 11 is 0. The number of nitrogens with one attached hydrogen (secondary N) is 1. The van der Waals surface area contributed by atoms with Gasteiger partial charge in [-0.3, -0.25) is 0 Å².